The van der Waals surface area contributed by atoms with E-state index in [1.807, 2.05) is 0 Å². The molecule has 0 aliphatic heterocycles. The molecular formula is C15H29N5O6. The molecule has 0 aromatic rings. The highest BCUT2D eigenvalue weighted by Gasteiger charge is 2.24. The van der Waals surface area contributed by atoms with Crippen molar-refractivity contribution < 1.29 is 29.4 Å². The number of aliphatic carboxylic acids is 2. The van der Waals surface area contributed by atoms with Crippen LogP contribution in [0.25, 0.3) is 0 Å². The number of carboxylic acids is 2. The van der Waals surface area contributed by atoms with Gasteiger partial charge in [0.1, 0.15) is 6.04 Å². The minimum Gasteiger partial charge on any atom is -0.481 e. The number of rotatable bonds is 14. The van der Waals surface area contributed by atoms with Crippen LogP contribution in [0.5, 0.6) is 0 Å². The van der Waals surface area contributed by atoms with E-state index in [9.17, 15) is 24.3 Å². The summed E-state index contributed by atoms with van der Waals surface area (Å²) in [5.41, 5.74) is 5.42. The lowest BCUT2D eigenvalue weighted by atomic mass is 10.1. The van der Waals surface area contributed by atoms with Crippen molar-refractivity contribution in [2.45, 2.75) is 43.8 Å². The Hall–Kier alpha value is -2.24. The summed E-state index contributed by atoms with van der Waals surface area (Å²) in [5.74, 6) is -3.10. The van der Waals surface area contributed by atoms with E-state index in [1.54, 1.807) is 7.05 Å². The third kappa shape index (κ3) is 9.30. The van der Waals surface area contributed by atoms with Gasteiger partial charge in [0.15, 0.2) is 0 Å². The summed E-state index contributed by atoms with van der Waals surface area (Å²) in [5, 5.41) is 28.3. The maximum Gasteiger partial charge on any atom is 0.326 e. The highest BCUT2D eigenvalue weighted by molar-refractivity contribution is 5.87. The summed E-state index contributed by atoms with van der Waals surface area (Å²) in [7, 11) is 3.10. The first-order valence-corrected chi connectivity index (χ1v) is 8.34. The second-order valence-electron chi connectivity index (χ2n) is 5.68. The molecule has 26 heavy (non-hydrogen) atoms. The molecule has 0 bridgehead atoms. The average Bonchev–Trinajstić information content (AvgIpc) is 2.58. The monoisotopic (exact) mass is 375 g/mol. The van der Waals surface area contributed by atoms with E-state index in [0.717, 1.165) is 0 Å². The lowest BCUT2D eigenvalue weighted by molar-refractivity contribution is -0.142. The fraction of sp³-hybridized carbons (Fsp3) is 0.733. The van der Waals surface area contributed by atoms with Gasteiger partial charge >= 0.3 is 11.9 Å². The van der Waals surface area contributed by atoms with E-state index in [-0.39, 0.29) is 38.3 Å². The molecule has 11 nitrogen and oxygen atoms in total. The molecule has 0 aliphatic carbocycles. The van der Waals surface area contributed by atoms with Crippen LogP contribution >= 0.6 is 0 Å². The number of likely N-dealkylation sites (N-methyl/N-ethyl adjacent to an activating group) is 2. The van der Waals surface area contributed by atoms with E-state index in [0.29, 0.717) is 6.42 Å². The van der Waals surface area contributed by atoms with Crippen LogP contribution < -0.4 is 27.0 Å². The van der Waals surface area contributed by atoms with E-state index in [2.05, 4.69) is 21.3 Å². The fourth-order valence-corrected chi connectivity index (χ4v) is 2.20. The number of hydrogen-bond donors (Lipinski definition) is 7. The molecule has 8 N–H and O–H groups in total. The van der Waals surface area contributed by atoms with Crippen LogP contribution in [0.15, 0.2) is 0 Å². The molecule has 0 radical (unpaired) electrons. The molecular weight excluding hydrogens is 346 g/mol. The van der Waals surface area contributed by atoms with E-state index < -0.39 is 36.0 Å². The zero-order valence-electron chi connectivity index (χ0n) is 15.1. The smallest absolute Gasteiger partial charge is 0.326 e. The quantitative estimate of drug-likeness (QED) is 0.161. The Morgan fingerprint density at radius 2 is 1.54 bits per heavy atom. The molecule has 0 saturated heterocycles. The van der Waals surface area contributed by atoms with Gasteiger partial charge in [0.2, 0.25) is 11.8 Å². The molecule has 0 aromatic carbocycles. The highest BCUT2D eigenvalue weighted by atomic mass is 16.4. The summed E-state index contributed by atoms with van der Waals surface area (Å²) in [6.07, 6.45) is 0.286. The summed E-state index contributed by atoms with van der Waals surface area (Å²) in [6.45, 7) is 0.378. The Bertz CT molecular complexity index is 483. The standard InChI is InChI=1S/C15H29N5O6/c1-17-9(5-6-12(21)22)14(24)20-10(15(25)26)4-3-7-19-13(23)11(8-16)18-2/h9-11,17-18H,3-8,16H2,1-2H3,(H,19,23)(H,20,24)(H,21,22)(H,25,26)/t9-,10?,11-/m0/s1. The van der Waals surface area contributed by atoms with Gasteiger partial charge in [-0.05, 0) is 33.4 Å². The van der Waals surface area contributed by atoms with Crippen LogP contribution in [0.4, 0.5) is 0 Å². The van der Waals surface area contributed by atoms with Gasteiger partial charge in [-0.25, -0.2) is 4.79 Å². The number of hydrogen-bond acceptors (Lipinski definition) is 7. The molecule has 0 heterocycles. The van der Waals surface area contributed by atoms with Crippen molar-refractivity contribution in [3.63, 3.8) is 0 Å². The second kappa shape index (κ2) is 13.0. The first kappa shape index (κ1) is 23.8. The number of amides is 2. The van der Waals surface area contributed by atoms with Crippen LogP contribution in [0.3, 0.4) is 0 Å². The van der Waals surface area contributed by atoms with Crippen LogP contribution in [0, 0.1) is 0 Å². The fourth-order valence-electron chi connectivity index (χ4n) is 2.20. The lowest BCUT2D eigenvalue weighted by Gasteiger charge is -2.20. The molecule has 0 saturated carbocycles. The number of carboxylic acid groups (broad SMARTS) is 2. The van der Waals surface area contributed by atoms with E-state index in [1.165, 1.54) is 7.05 Å². The second-order valence-corrected chi connectivity index (χ2v) is 5.68. The Morgan fingerprint density at radius 1 is 0.923 bits per heavy atom. The molecule has 11 heteroatoms. The van der Waals surface area contributed by atoms with Crippen molar-refractivity contribution in [2.75, 3.05) is 27.2 Å². The third-order valence-electron chi connectivity index (χ3n) is 3.80. The van der Waals surface area contributed by atoms with Crippen molar-refractivity contribution >= 4 is 23.8 Å². The lowest BCUT2D eigenvalue weighted by Crippen LogP contribution is -2.50. The first-order chi connectivity index (χ1) is 12.3. The van der Waals surface area contributed by atoms with Gasteiger partial charge in [0.25, 0.3) is 0 Å². The number of carbonyl (C=O) groups excluding carboxylic acids is 2. The zero-order chi connectivity index (χ0) is 20.1. The molecule has 3 atom stereocenters. The van der Waals surface area contributed by atoms with Crippen molar-refractivity contribution in [3.8, 4) is 0 Å². The highest BCUT2D eigenvalue weighted by Crippen LogP contribution is 2.02. The zero-order valence-corrected chi connectivity index (χ0v) is 15.1. The minimum absolute atomic E-state index is 0.0462. The SMILES string of the molecule is CN[C@@H](CN)C(=O)NCCCC(NC(=O)[C@H](CCC(=O)O)NC)C(=O)O. The predicted octanol–water partition coefficient (Wildman–Crippen LogP) is -2.55. The Labute approximate surface area is 152 Å². The summed E-state index contributed by atoms with van der Waals surface area (Å²) in [4.78, 5) is 45.7. The van der Waals surface area contributed by atoms with Crippen LogP contribution in [-0.4, -0.2) is 79.3 Å². The van der Waals surface area contributed by atoms with Crippen molar-refractivity contribution in [1.29, 1.82) is 0 Å². The van der Waals surface area contributed by atoms with E-state index in [4.69, 9.17) is 10.8 Å². The third-order valence-corrected chi connectivity index (χ3v) is 3.80. The maximum atomic E-state index is 12.1. The Morgan fingerprint density at radius 3 is 2.00 bits per heavy atom. The van der Waals surface area contributed by atoms with Crippen molar-refractivity contribution in [1.82, 2.24) is 21.3 Å². The summed E-state index contributed by atoms with van der Waals surface area (Å²) in [6, 6.07) is -2.45. The Balaban J connectivity index is 4.43. The topological polar surface area (TPSA) is 183 Å². The minimum atomic E-state index is -1.20. The molecule has 0 aliphatic rings. The van der Waals surface area contributed by atoms with E-state index >= 15 is 0 Å². The number of carbonyl (C=O) groups is 4. The van der Waals surface area contributed by atoms with Crippen molar-refractivity contribution in [3.05, 3.63) is 0 Å². The average molecular weight is 375 g/mol. The van der Waals surface area contributed by atoms with Gasteiger partial charge in [0, 0.05) is 19.5 Å². The van der Waals surface area contributed by atoms with Gasteiger partial charge in [-0.1, -0.05) is 0 Å². The summed E-state index contributed by atoms with van der Waals surface area (Å²) < 4.78 is 0. The van der Waals surface area contributed by atoms with Gasteiger partial charge in [-0.3, -0.25) is 14.4 Å². The summed E-state index contributed by atoms with van der Waals surface area (Å²) >= 11 is 0. The Kier molecular flexibility index (Phi) is 11.9. The molecule has 2 amide bonds. The molecule has 0 aromatic heterocycles. The maximum absolute atomic E-state index is 12.1. The van der Waals surface area contributed by atoms with Crippen LogP contribution in [0.2, 0.25) is 0 Å². The first-order valence-electron chi connectivity index (χ1n) is 8.34. The van der Waals surface area contributed by atoms with Gasteiger partial charge in [0.05, 0.1) is 12.1 Å². The largest absolute Gasteiger partial charge is 0.481 e. The molecule has 0 rings (SSSR count). The molecule has 150 valence electrons. The van der Waals surface area contributed by atoms with Gasteiger partial charge < -0.3 is 37.2 Å². The van der Waals surface area contributed by atoms with Gasteiger partial charge in [-0.2, -0.15) is 0 Å². The number of nitrogens with one attached hydrogen (secondary N) is 4. The van der Waals surface area contributed by atoms with Gasteiger partial charge in [-0.15, -0.1) is 0 Å². The molecule has 0 spiro atoms. The molecule has 0 fully saturated rings. The van der Waals surface area contributed by atoms with Crippen LogP contribution in [0.1, 0.15) is 25.7 Å². The molecule has 1 unspecified atom stereocenters. The predicted molar refractivity (Wildman–Crippen MR) is 93.4 cm³/mol. The van der Waals surface area contributed by atoms with Crippen LogP contribution in [-0.2, 0) is 19.2 Å². The number of nitrogens with two attached hydrogens (primary N) is 1. The van der Waals surface area contributed by atoms with Crippen molar-refractivity contribution in [2.24, 2.45) is 5.73 Å². The normalized spacial score (nSPS) is 14.1.